The minimum Gasteiger partial charge on any atom is -0.434 e. The standard InChI is InChI=1S/C21H34ClF2N5O.HI/c1-4-25-21(26-13-16(3)15-29-10-8-28(5-2)9-11-29)27-14-17-12-18(22)6-7-19(17)30-20(23)24;/h6-7,12,16,20H,4-5,8-11,13-15H2,1-3H3,(H2,25,26,27);1H. The summed E-state index contributed by atoms with van der Waals surface area (Å²) >= 11 is 6.01. The Bertz CT molecular complexity index is 675. The lowest BCUT2D eigenvalue weighted by Crippen LogP contribution is -2.48. The van der Waals surface area contributed by atoms with Gasteiger partial charge in [-0.05, 0) is 37.6 Å². The fourth-order valence-electron chi connectivity index (χ4n) is 3.45. The third-order valence-corrected chi connectivity index (χ3v) is 5.33. The molecule has 0 radical (unpaired) electrons. The van der Waals surface area contributed by atoms with Crippen LogP contribution in [0.5, 0.6) is 5.75 Å². The Morgan fingerprint density at radius 3 is 2.45 bits per heavy atom. The number of benzene rings is 1. The molecule has 2 rings (SSSR count). The molecule has 1 heterocycles. The summed E-state index contributed by atoms with van der Waals surface area (Å²) in [6.07, 6.45) is 0. The third kappa shape index (κ3) is 10.5. The van der Waals surface area contributed by atoms with Crippen LogP contribution in [0.3, 0.4) is 0 Å². The molecular weight excluding hydrogens is 539 g/mol. The third-order valence-electron chi connectivity index (χ3n) is 5.09. The van der Waals surface area contributed by atoms with Gasteiger partial charge in [0.25, 0.3) is 0 Å². The zero-order valence-corrected chi connectivity index (χ0v) is 21.6. The van der Waals surface area contributed by atoms with Crippen LogP contribution in [0, 0.1) is 5.92 Å². The number of likely N-dealkylation sites (N-methyl/N-ethyl adjacent to an activating group) is 1. The van der Waals surface area contributed by atoms with Gasteiger partial charge in [-0.3, -0.25) is 0 Å². The Balaban J connectivity index is 0.00000480. The highest BCUT2D eigenvalue weighted by Gasteiger charge is 2.17. The first kappa shape index (κ1) is 28.1. The summed E-state index contributed by atoms with van der Waals surface area (Å²) in [4.78, 5) is 9.50. The van der Waals surface area contributed by atoms with Crippen molar-refractivity contribution in [2.24, 2.45) is 10.9 Å². The van der Waals surface area contributed by atoms with E-state index in [4.69, 9.17) is 11.6 Å². The minimum atomic E-state index is -2.89. The number of hydrogen-bond donors (Lipinski definition) is 2. The number of guanidine groups is 1. The molecule has 31 heavy (non-hydrogen) atoms. The first-order valence-corrected chi connectivity index (χ1v) is 11.0. The summed E-state index contributed by atoms with van der Waals surface area (Å²) in [7, 11) is 0. The first-order valence-electron chi connectivity index (χ1n) is 10.6. The van der Waals surface area contributed by atoms with Crippen LogP contribution in [0.15, 0.2) is 23.2 Å². The highest BCUT2D eigenvalue weighted by molar-refractivity contribution is 14.0. The Morgan fingerprint density at radius 2 is 1.84 bits per heavy atom. The van der Waals surface area contributed by atoms with E-state index in [-0.39, 0.29) is 36.3 Å². The molecule has 1 unspecified atom stereocenters. The summed E-state index contributed by atoms with van der Waals surface area (Å²) in [6.45, 7) is 11.8. The second-order valence-electron chi connectivity index (χ2n) is 7.55. The molecule has 0 spiro atoms. The molecule has 0 amide bonds. The van der Waals surface area contributed by atoms with Gasteiger partial charge in [-0.25, -0.2) is 4.99 Å². The van der Waals surface area contributed by atoms with E-state index in [2.05, 4.69) is 44.0 Å². The number of ether oxygens (including phenoxy) is 1. The molecule has 1 aromatic carbocycles. The van der Waals surface area contributed by atoms with Crippen LogP contribution in [0.1, 0.15) is 26.3 Å². The topological polar surface area (TPSA) is 52.1 Å². The van der Waals surface area contributed by atoms with Gasteiger partial charge < -0.3 is 25.2 Å². The highest BCUT2D eigenvalue weighted by atomic mass is 127. The van der Waals surface area contributed by atoms with Crippen LogP contribution in [0.2, 0.25) is 5.02 Å². The quantitative estimate of drug-likeness (QED) is 0.253. The average Bonchev–Trinajstić information content (AvgIpc) is 2.72. The van der Waals surface area contributed by atoms with Crippen molar-refractivity contribution in [2.75, 3.05) is 52.4 Å². The van der Waals surface area contributed by atoms with Gasteiger partial charge in [-0.15, -0.1) is 24.0 Å². The van der Waals surface area contributed by atoms with Crippen molar-refractivity contribution in [1.29, 1.82) is 0 Å². The largest absolute Gasteiger partial charge is 0.434 e. The Labute approximate surface area is 206 Å². The second-order valence-corrected chi connectivity index (χ2v) is 7.98. The number of halogens is 4. The van der Waals surface area contributed by atoms with E-state index in [0.29, 0.717) is 29.0 Å². The van der Waals surface area contributed by atoms with E-state index < -0.39 is 6.61 Å². The summed E-state index contributed by atoms with van der Waals surface area (Å²) in [5.74, 6) is 1.18. The van der Waals surface area contributed by atoms with Crippen molar-refractivity contribution in [2.45, 2.75) is 33.9 Å². The van der Waals surface area contributed by atoms with Gasteiger partial charge in [0.1, 0.15) is 5.75 Å². The van der Waals surface area contributed by atoms with Crippen LogP contribution in [0.25, 0.3) is 0 Å². The first-order chi connectivity index (χ1) is 14.4. The van der Waals surface area contributed by atoms with E-state index >= 15 is 0 Å². The number of alkyl halides is 2. The van der Waals surface area contributed by atoms with Crippen LogP contribution >= 0.6 is 35.6 Å². The molecule has 0 aromatic heterocycles. The van der Waals surface area contributed by atoms with Crippen molar-refractivity contribution >= 4 is 41.5 Å². The molecule has 1 aromatic rings. The van der Waals surface area contributed by atoms with Crippen molar-refractivity contribution in [1.82, 2.24) is 20.4 Å². The van der Waals surface area contributed by atoms with E-state index in [0.717, 1.165) is 45.8 Å². The second kappa shape index (κ2) is 15.0. The van der Waals surface area contributed by atoms with Crippen LogP contribution < -0.4 is 15.4 Å². The molecule has 2 N–H and O–H groups in total. The maximum Gasteiger partial charge on any atom is 0.387 e. The molecule has 6 nitrogen and oxygen atoms in total. The van der Waals surface area contributed by atoms with Gasteiger partial charge in [0, 0.05) is 56.4 Å². The van der Waals surface area contributed by atoms with E-state index in [9.17, 15) is 8.78 Å². The lowest BCUT2D eigenvalue weighted by atomic mass is 10.1. The maximum atomic E-state index is 12.6. The molecule has 1 aliphatic heterocycles. The minimum absolute atomic E-state index is 0. The zero-order chi connectivity index (χ0) is 21.9. The van der Waals surface area contributed by atoms with Gasteiger partial charge in [0.2, 0.25) is 0 Å². The molecule has 1 aliphatic rings. The maximum absolute atomic E-state index is 12.6. The smallest absolute Gasteiger partial charge is 0.387 e. The Hall–Kier alpha value is -0.910. The van der Waals surface area contributed by atoms with Crippen molar-refractivity contribution in [3.8, 4) is 5.75 Å². The van der Waals surface area contributed by atoms with E-state index in [1.165, 1.54) is 12.1 Å². The molecular formula is C21H35ClF2IN5O. The number of aliphatic imine (C=N–C) groups is 1. The van der Waals surface area contributed by atoms with Gasteiger partial charge in [-0.2, -0.15) is 8.78 Å². The molecule has 1 fully saturated rings. The van der Waals surface area contributed by atoms with E-state index in [1.54, 1.807) is 6.07 Å². The highest BCUT2D eigenvalue weighted by Crippen LogP contribution is 2.25. The van der Waals surface area contributed by atoms with E-state index in [1.807, 2.05) is 6.92 Å². The zero-order valence-electron chi connectivity index (χ0n) is 18.5. The number of nitrogens with one attached hydrogen (secondary N) is 2. The number of nitrogens with zero attached hydrogens (tertiary/aromatic N) is 3. The summed E-state index contributed by atoms with van der Waals surface area (Å²) in [6, 6.07) is 4.57. The fraction of sp³-hybridized carbons (Fsp3) is 0.667. The monoisotopic (exact) mass is 573 g/mol. The average molecular weight is 574 g/mol. The predicted molar refractivity (Wildman–Crippen MR) is 134 cm³/mol. The van der Waals surface area contributed by atoms with Crippen molar-refractivity contribution < 1.29 is 13.5 Å². The van der Waals surface area contributed by atoms with Gasteiger partial charge in [-0.1, -0.05) is 25.4 Å². The molecule has 178 valence electrons. The number of hydrogen-bond acceptors (Lipinski definition) is 4. The predicted octanol–water partition coefficient (Wildman–Crippen LogP) is 3.89. The SMILES string of the molecule is CCNC(=NCc1cc(Cl)ccc1OC(F)F)NCC(C)CN1CCN(CC)CC1.I. The van der Waals surface area contributed by atoms with Gasteiger partial charge in [0.15, 0.2) is 5.96 Å². The van der Waals surface area contributed by atoms with Crippen LogP contribution in [-0.4, -0.2) is 74.7 Å². The van der Waals surface area contributed by atoms with Crippen molar-refractivity contribution in [3.63, 3.8) is 0 Å². The molecule has 10 heteroatoms. The molecule has 0 bridgehead atoms. The normalized spacial score (nSPS) is 16.7. The lowest BCUT2D eigenvalue weighted by Gasteiger charge is -2.35. The molecule has 1 atom stereocenters. The van der Waals surface area contributed by atoms with Gasteiger partial charge >= 0.3 is 6.61 Å². The number of rotatable bonds is 10. The Morgan fingerprint density at radius 1 is 1.16 bits per heavy atom. The number of piperazine rings is 1. The molecule has 0 saturated carbocycles. The summed E-state index contributed by atoms with van der Waals surface area (Å²) in [5.41, 5.74) is 0.516. The lowest BCUT2D eigenvalue weighted by molar-refractivity contribution is -0.0504. The van der Waals surface area contributed by atoms with Gasteiger partial charge in [0.05, 0.1) is 6.54 Å². The molecule has 1 saturated heterocycles. The van der Waals surface area contributed by atoms with Crippen molar-refractivity contribution in [3.05, 3.63) is 28.8 Å². The molecule has 0 aliphatic carbocycles. The Kier molecular flexibility index (Phi) is 13.6. The van der Waals surface area contributed by atoms with Crippen LogP contribution in [0.4, 0.5) is 8.78 Å². The fourth-order valence-corrected chi connectivity index (χ4v) is 3.65. The summed E-state index contributed by atoms with van der Waals surface area (Å²) < 4.78 is 29.9. The van der Waals surface area contributed by atoms with Crippen LogP contribution in [-0.2, 0) is 6.54 Å². The summed E-state index contributed by atoms with van der Waals surface area (Å²) in [5, 5.41) is 7.01.